The van der Waals surface area contributed by atoms with Crippen LogP contribution in [0.1, 0.15) is 29.3 Å². The van der Waals surface area contributed by atoms with Crippen LogP contribution in [0.3, 0.4) is 0 Å². The lowest BCUT2D eigenvalue weighted by Gasteiger charge is -2.35. The van der Waals surface area contributed by atoms with Crippen LogP contribution in [0.4, 0.5) is 16.8 Å². The topological polar surface area (TPSA) is 102 Å². The molecule has 11 heteroatoms. The summed E-state index contributed by atoms with van der Waals surface area (Å²) in [6.07, 6.45) is 1.35. The van der Waals surface area contributed by atoms with Crippen LogP contribution in [0.5, 0.6) is 0 Å². The van der Waals surface area contributed by atoms with E-state index < -0.39 is 0 Å². The SMILES string of the molecule is COCOCCN1CCN(c2cc(Nc3ncc(C(=O)OC(C)C)s3)nc(C)n2)CC1. The quantitative estimate of drug-likeness (QED) is 0.329. The van der Waals surface area contributed by atoms with Gasteiger partial charge >= 0.3 is 5.97 Å². The molecule has 0 bridgehead atoms. The van der Waals surface area contributed by atoms with E-state index in [4.69, 9.17) is 14.2 Å². The van der Waals surface area contributed by atoms with E-state index in [9.17, 15) is 4.79 Å². The van der Waals surface area contributed by atoms with Crippen LogP contribution in [0.2, 0.25) is 0 Å². The summed E-state index contributed by atoms with van der Waals surface area (Å²) in [5.74, 6) is 1.83. The predicted molar refractivity (Wildman–Crippen MR) is 119 cm³/mol. The molecule has 0 atom stereocenters. The summed E-state index contributed by atoms with van der Waals surface area (Å²) in [5, 5.41) is 3.77. The third-order valence-corrected chi connectivity index (χ3v) is 5.45. The van der Waals surface area contributed by atoms with Crippen molar-refractivity contribution in [3.05, 3.63) is 23.0 Å². The fourth-order valence-electron chi connectivity index (χ4n) is 3.12. The van der Waals surface area contributed by atoms with Gasteiger partial charge in [0.05, 0.1) is 18.9 Å². The first kappa shape index (κ1) is 23.3. The van der Waals surface area contributed by atoms with E-state index in [0.29, 0.717) is 35.1 Å². The maximum absolute atomic E-state index is 12.0. The van der Waals surface area contributed by atoms with Gasteiger partial charge in [0.25, 0.3) is 0 Å². The number of aromatic nitrogens is 3. The Bertz CT molecular complexity index is 854. The van der Waals surface area contributed by atoms with Gasteiger partial charge in [0.2, 0.25) is 0 Å². The average molecular weight is 451 g/mol. The zero-order chi connectivity index (χ0) is 22.2. The lowest BCUT2D eigenvalue weighted by Crippen LogP contribution is -2.47. The molecule has 1 saturated heterocycles. The van der Waals surface area contributed by atoms with Crippen molar-refractivity contribution in [2.24, 2.45) is 0 Å². The first-order valence-corrected chi connectivity index (χ1v) is 11.1. The van der Waals surface area contributed by atoms with Gasteiger partial charge in [-0.15, -0.1) is 0 Å². The number of carbonyl (C=O) groups is 1. The van der Waals surface area contributed by atoms with E-state index in [1.54, 1.807) is 7.11 Å². The normalized spacial score (nSPS) is 14.8. The van der Waals surface area contributed by atoms with Gasteiger partial charge in [0.15, 0.2) is 5.13 Å². The summed E-state index contributed by atoms with van der Waals surface area (Å²) in [6, 6.07) is 1.91. The van der Waals surface area contributed by atoms with E-state index in [1.165, 1.54) is 17.5 Å². The Kier molecular flexibility index (Phi) is 8.52. The predicted octanol–water partition coefficient (Wildman–Crippen LogP) is 2.29. The first-order valence-electron chi connectivity index (χ1n) is 10.3. The molecule has 10 nitrogen and oxygen atoms in total. The second-order valence-corrected chi connectivity index (χ2v) is 8.44. The van der Waals surface area contributed by atoms with Crippen molar-refractivity contribution in [1.82, 2.24) is 19.9 Å². The lowest BCUT2D eigenvalue weighted by molar-refractivity contribution is -0.0367. The van der Waals surface area contributed by atoms with Crippen molar-refractivity contribution in [1.29, 1.82) is 0 Å². The molecule has 170 valence electrons. The Morgan fingerprint density at radius 2 is 2.03 bits per heavy atom. The fourth-order valence-corrected chi connectivity index (χ4v) is 3.83. The molecule has 0 unspecified atom stereocenters. The van der Waals surface area contributed by atoms with Gasteiger partial charge in [-0.05, 0) is 20.8 Å². The number of esters is 1. The van der Waals surface area contributed by atoms with Crippen LogP contribution >= 0.6 is 11.3 Å². The van der Waals surface area contributed by atoms with E-state index >= 15 is 0 Å². The van der Waals surface area contributed by atoms with Crippen LogP contribution in [-0.4, -0.2) is 85.2 Å². The average Bonchev–Trinajstić information content (AvgIpc) is 3.19. The maximum Gasteiger partial charge on any atom is 0.350 e. The molecule has 0 spiro atoms. The van der Waals surface area contributed by atoms with Gasteiger partial charge < -0.3 is 24.4 Å². The number of thiazole rings is 1. The minimum Gasteiger partial charge on any atom is -0.459 e. The number of methoxy groups -OCH3 is 1. The number of ether oxygens (including phenoxy) is 3. The smallest absolute Gasteiger partial charge is 0.350 e. The summed E-state index contributed by atoms with van der Waals surface area (Å²) in [5.41, 5.74) is 0. The van der Waals surface area contributed by atoms with Crippen LogP contribution in [0.25, 0.3) is 0 Å². The highest BCUT2D eigenvalue weighted by Gasteiger charge is 2.19. The van der Waals surface area contributed by atoms with Gasteiger partial charge in [-0.3, -0.25) is 4.90 Å². The highest BCUT2D eigenvalue weighted by molar-refractivity contribution is 7.17. The van der Waals surface area contributed by atoms with Crippen molar-refractivity contribution in [3.8, 4) is 0 Å². The van der Waals surface area contributed by atoms with Gasteiger partial charge in [0.1, 0.15) is 29.1 Å². The van der Waals surface area contributed by atoms with Crippen LogP contribution in [0, 0.1) is 6.92 Å². The van der Waals surface area contributed by atoms with E-state index in [0.717, 1.165) is 38.5 Å². The first-order chi connectivity index (χ1) is 14.9. The molecule has 3 rings (SSSR count). The summed E-state index contributed by atoms with van der Waals surface area (Å²) in [4.78, 5) is 30.4. The van der Waals surface area contributed by atoms with Gasteiger partial charge in [0, 0.05) is 45.9 Å². The number of aryl methyl sites for hydroxylation is 1. The molecular weight excluding hydrogens is 420 g/mol. The number of carbonyl (C=O) groups excluding carboxylic acids is 1. The molecule has 3 heterocycles. The molecule has 2 aromatic heterocycles. The summed E-state index contributed by atoms with van der Waals surface area (Å²) in [7, 11) is 1.62. The van der Waals surface area contributed by atoms with Gasteiger partial charge in [-0.1, -0.05) is 11.3 Å². The number of piperazine rings is 1. The molecule has 0 aromatic carbocycles. The van der Waals surface area contributed by atoms with Gasteiger partial charge in [-0.2, -0.15) is 0 Å². The van der Waals surface area contributed by atoms with Gasteiger partial charge in [-0.25, -0.2) is 19.7 Å². The third-order valence-electron chi connectivity index (χ3n) is 4.56. The highest BCUT2D eigenvalue weighted by Crippen LogP contribution is 2.25. The van der Waals surface area contributed by atoms with Crippen LogP contribution < -0.4 is 10.2 Å². The molecule has 0 amide bonds. The van der Waals surface area contributed by atoms with Crippen molar-refractivity contribution >= 4 is 34.1 Å². The zero-order valence-corrected chi connectivity index (χ0v) is 19.3. The number of nitrogens with one attached hydrogen (secondary N) is 1. The third kappa shape index (κ3) is 7.10. The summed E-state index contributed by atoms with van der Waals surface area (Å²) in [6.45, 7) is 11.0. The molecule has 0 aliphatic carbocycles. The Morgan fingerprint density at radius 1 is 1.26 bits per heavy atom. The molecule has 1 aliphatic rings. The molecule has 0 radical (unpaired) electrons. The summed E-state index contributed by atoms with van der Waals surface area (Å²) < 4.78 is 15.5. The minimum absolute atomic E-state index is 0.170. The number of anilines is 3. The van der Waals surface area contributed by atoms with Crippen molar-refractivity contribution < 1.29 is 19.0 Å². The number of hydrogen-bond donors (Lipinski definition) is 1. The second kappa shape index (κ2) is 11.3. The minimum atomic E-state index is -0.370. The summed E-state index contributed by atoms with van der Waals surface area (Å²) >= 11 is 1.24. The molecule has 1 fully saturated rings. The molecule has 2 aromatic rings. The number of hydrogen-bond acceptors (Lipinski definition) is 11. The highest BCUT2D eigenvalue weighted by atomic mass is 32.1. The van der Waals surface area contributed by atoms with Crippen LogP contribution in [0.15, 0.2) is 12.3 Å². The largest absolute Gasteiger partial charge is 0.459 e. The van der Waals surface area contributed by atoms with E-state index in [2.05, 4.69) is 30.1 Å². The van der Waals surface area contributed by atoms with E-state index in [-0.39, 0.29) is 12.1 Å². The Hall–Kier alpha value is -2.34. The monoisotopic (exact) mass is 450 g/mol. The van der Waals surface area contributed by atoms with Crippen molar-refractivity contribution in [2.75, 3.05) is 63.5 Å². The number of rotatable bonds is 10. The molecule has 1 aliphatic heterocycles. The molecular formula is C20H30N6O4S. The van der Waals surface area contributed by atoms with E-state index in [1.807, 2.05) is 26.8 Å². The molecule has 0 saturated carbocycles. The van der Waals surface area contributed by atoms with Crippen molar-refractivity contribution in [2.45, 2.75) is 26.9 Å². The Morgan fingerprint density at radius 3 is 2.74 bits per heavy atom. The molecule has 1 N–H and O–H groups in total. The molecule has 31 heavy (non-hydrogen) atoms. The Labute approximate surface area is 186 Å². The maximum atomic E-state index is 12.0. The second-order valence-electron chi connectivity index (χ2n) is 7.41. The fraction of sp³-hybridized carbons (Fsp3) is 0.600. The number of nitrogens with zero attached hydrogens (tertiary/aromatic N) is 5. The van der Waals surface area contributed by atoms with Crippen molar-refractivity contribution in [3.63, 3.8) is 0 Å². The van der Waals surface area contributed by atoms with Crippen LogP contribution in [-0.2, 0) is 14.2 Å². The lowest BCUT2D eigenvalue weighted by atomic mass is 10.3. The Balaban J connectivity index is 1.57. The standard InChI is InChI=1S/C20H30N6O4S/c1-14(2)30-19(27)16-12-21-20(31-16)24-17-11-18(23-15(3)22-17)26-7-5-25(6-8-26)9-10-29-13-28-4/h11-12,14H,5-10,13H2,1-4H3,(H,21,22,23,24). The zero-order valence-electron chi connectivity index (χ0n) is 18.5.